The Balaban J connectivity index is 2.14. The molecule has 3 atom stereocenters. The minimum atomic E-state index is -0.660. The molecule has 2 heteroatoms. The first-order chi connectivity index (χ1) is 5.46. The normalized spacial score (nSPS) is 47.0. The molecule has 0 spiro atoms. The predicted molar refractivity (Wildman–Crippen MR) is 46.9 cm³/mol. The summed E-state index contributed by atoms with van der Waals surface area (Å²) >= 11 is 0. The first-order valence-electron chi connectivity index (χ1n) is 4.86. The highest BCUT2D eigenvalue weighted by Crippen LogP contribution is 2.55. The van der Waals surface area contributed by atoms with Gasteiger partial charge in [-0.3, -0.25) is 0 Å². The van der Waals surface area contributed by atoms with Gasteiger partial charge in [-0.25, -0.2) is 0 Å². The molecule has 0 radical (unpaired) electrons. The van der Waals surface area contributed by atoms with Gasteiger partial charge >= 0.3 is 0 Å². The van der Waals surface area contributed by atoms with Gasteiger partial charge in [-0.15, -0.1) is 0 Å². The van der Waals surface area contributed by atoms with E-state index in [9.17, 15) is 5.11 Å². The topological polar surface area (TPSA) is 32.8 Å². The van der Waals surface area contributed by atoms with Crippen LogP contribution in [0.5, 0.6) is 0 Å². The molecule has 12 heavy (non-hydrogen) atoms. The molecule has 0 unspecified atom stereocenters. The Kier molecular flexibility index (Phi) is 1.59. The molecule has 1 heterocycles. The Labute approximate surface area is 73.9 Å². The number of aliphatic hydroxyl groups is 1. The summed E-state index contributed by atoms with van der Waals surface area (Å²) in [5, 5.41) is 9.94. The van der Waals surface area contributed by atoms with Crippen LogP contribution in [-0.2, 0) is 4.74 Å². The predicted octanol–water partition coefficient (Wildman–Crippen LogP) is 1.71. The molecule has 70 valence electrons. The van der Waals surface area contributed by atoms with Gasteiger partial charge in [0, 0.05) is 0 Å². The molecular weight excluding hydrogens is 152 g/mol. The van der Waals surface area contributed by atoms with Crippen molar-refractivity contribution >= 4 is 0 Å². The minimum absolute atomic E-state index is 0.190. The van der Waals surface area contributed by atoms with Crippen molar-refractivity contribution in [2.45, 2.75) is 57.3 Å². The first-order valence-corrected chi connectivity index (χ1v) is 4.86. The van der Waals surface area contributed by atoms with E-state index in [0.29, 0.717) is 12.0 Å². The second-order valence-electron chi connectivity index (χ2n) is 4.94. The van der Waals surface area contributed by atoms with Crippen LogP contribution in [0.4, 0.5) is 0 Å². The lowest BCUT2D eigenvalue weighted by molar-refractivity contribution is -0.0181. The molecule has 2 rings (SSSR count). The summed E-state index contributed by atoms with van der Waals surface area (Å²) in [4.78, 5) is 0. The second kappa shape index (κ2) is 2.24. The monoisotopic (exact) mass is 170 g/mol. The Morgan fingerprint density at radius 2 is 2.08 bits per heavy atom. The zero-order valence-electron chi connectivity index (χ0n) is 8.13. The van der Waals surface area contributed by atoms with Gasteiger partial charge in [0.15, 0.2) is 0 Å². The van der Waals surface area contributed by atoms with Crippen molar-refractivity contribution in [1.82, 2.24) is 0 Å². The summed E-state index contributed by atoms with van der Waals surface area (Å²) in [5.41, 5.74) is -0.850. The fourth-order valence-electron chi connectivity index (χ4n) is 2.54. The molecule has 0 amide bonds. The van der Waals surface area contributed by atoms with Crippen molar-refractivity contribution in [2.24, 2.45) is 5.92 Å². The molecule has 2 fully saturated rings. The fraction of sp³-hybridized carbons (Fsp3) is 1.00. The molecule has 0 aromatic heterocycles. The number of rotatable bonds is 1. The van der Waals surface area contributed by atoms with Crippen LogP contribution in [0.15, 0.2) is 0 Å². The van der Waals surface area contributed by atoms with Gasteiger partial charge in [0.1, 0.15) is 5.60 Å². The molecule has 2 aliphatic rings. The van der Waals surface area contributed by atoms with Crippen LogP contribution in [0.1, 0.15) is 40.0 Å². The van der Waals surface area contributed by atoms with Crippen molar-refractivity contribution < 1.29 is 9.84 Å². The van der Waals surface area contributed by atoms with Crippen LogP contribution in [0.3, 0.4) is 0 Å². The quantitative estimate of drug-likeness (QED) is 0.608. The third-order valence-electron chi connectivity index (χ3n) is 3.42. The second-order valence-corrected chi connectivity index (χ2v) is 4.94. The average molecular weight is 170 g/mol. The summed E-state index contributed by atoms with van der Waals surface area (Å²) in [6.07, 6.45) is 3.75. The summed E-state index contributed by atoms with van der Waals surface area (Å²) < 4.78 is 5.65. The van der Waals surface area contributed by atoms with Gasteiger partial charge in [-0.2, -0.15) is 0 Å². The summed E-state index contributed by atoms with van der Waals surface area (Å²) in [6, 6.07) is 0. The van der Waals surface area contributed by atoms with E-state index in [-0.39, 0.29) is 5.60 Å². The van der Waals surface area contributed by atoms with E-state index in [0.717, 1.165) is 12.8 Å². The van der Waals surface area contributed by atoms with Crippen LogP contribution < -0.4 is 0 Å². The molecule has 1 N–H and O–H groups in total. The van der Waals surface area contributed by atoms with Crippen LogP contribution in [0.25, 0.3) is 0 Å². The van der Waals surface area contributed by atoms with Crippen molar-refractivity contribution in [2.75, 3.05) is 0 Å². The zero-order valence-corrected chi connectivity index (χ0v) is 8.13. The van der Waals surface area contributed by atoms with Gasteiger partial charge in [0.05, 0.1) is 11.7 Å². The summed E-state index contributed by atoms with van der Waals surface area (Å²) in [7, 11) is 0. The van der Waals surface area contributed by atoms with Crippen LogP contribution in [0, 0.1) is 5.92 Å². The van der Waals surface area contributed by atoms with E-state index < -0.39 is 5.60 Å². The van der Waals surface area contributed by atoms with Gasteiger partial charge < -0.3 is 9.84 Å². The van der Waals surface area contributed by atoms with Crippen LogP contribution >= 0.6 is 0 Å². The lowest BCUT2D eigenvalue weighted by Crippen LogP contribution is -2.44. The maximum atomic E-state index is 9.94. The highest BCUT2D eigenvalue weighted by atomic mass is 16.6. The van der Waals surface area contributed by atoms with Gasteiger partial charge in [-0.1, -0.05) is 6.92 Å². The Hall–Kier alpha value is -0.0800. The number of epoxide rings is 1. The molecule has 0 aromatic carbocycles. The Morgan fingerprint density at radius 3 is 2.58 bits per heavy atom. The molecule has 0 aromatic rings. The zero-order chi connectivity index (χ0) is 8.98. The summed E-state index contributed by atoms with van der Waals surface area (Å²) in [6.45, 7) is 5.97. The molecule has 1 saturated carbocycles. The van der Waals surface area contributed by atoms with Crippen molar-refractivity contribution in [1.29, 1.82) is 0 Å². The van der Waals surface area contributed by atoms with Crippen LogP contribution in [0.2, 0.25) is 0 Å². The Bertz CT molecular complexity index is 195. The maximum Gasteiger partial charge on any atom is 0.123 e. The van der Waals surface area contributed by atoms with Crippen molar-refractivity contribution in [3.63, 3.8) is 0 Å². The largest absolute Gasteiger partial charge is 0.387 e. The standard InChI is InChI=1S/C10H18O2/c1-7-4-5-8-10(6-7,12-8)9(2,3)11/h7-8,11H,4-6H2,1-3H3/t7-,8-,10+/m1/s1. The van der Waals surface area contributed by atoms with E-state index in [4.69, 9.17) is 4.74 Å². The van der Waals surface area contributed by atoms with E-state index in [2.05, 4.69) is 6.92 Å². The lowest BCUT2D eigenvalue weighted by Gasteiger charge is -2.32. The van der Waals surface area contributed by atoms with Crippen molar-refractivity contribution in [3.05, 3.63) is 0 Å². The van der Waals surface area contributed by atoms with Gasteiger partial charge in [-0.05, 0) is 39.0 Å². The van der Waals surface area contributed by atoms with Gasteiger partial charge in [0.2, 0.25) is 0 Å². The van der Waals surface area contributed by atoms with Crippen molar-refractivity contribution in [3.8, 4) is 0 Å². The lowest BCUT2D eigenvalue weighted by atomic mass is 9.74. The third-order valence-corrected chi connectivity index (χ3v) is 3.42. The third kappa shape index (κ3) is 1.01. The number of ether oxygens (including phenoxy) is 1. The number of fused-ring (bicyclic) bond motifs is 1. The minimum Gasteiger partial charge on any atom is -0.387 e. The SMILES string of the molecule is C[C@@H]1CC[C@H]2O[C@@]2(C(C)(C)O)C1. The average Bonchev–Trinajstić information content (AvgIpc) is 2.60. The molecular formula is C10H18O2. The molecule has 2 nitrogen and oxygen atoms in total. The highest BCUT2D eigenvalue weighted by molar-refractivity contribution is 5.14. The maximum absolute atomic E-state index is 9.94. The molecule has 1 saturated heterocycles. The van der Waals surface area contributed by atoms with E-state index in [1.54, 1.807) is 0 Å². The van der Waals surface area contributed by atoms with E-state index >= 15 is 0 Å². The number of hydrogen-bond donors (Lipinski definition) is 1. The van der Waals surface area contributed by atoms with Crippen LogP contribution in [-0.4, -0.2) is 22.4 Å². The molecule has 1 aliphatic heterocycles. The van der Waals surface area contributed by atoms with Gasteiger partial charge in [0.25, 0.3) is 0 Å². The van der Waals surface area contributed by atoms with E-state index in [1.807, 2.05) is 13.8 Å². The number of hydrogen-bond acceptors (Lipinski definition) is 2. The molecule has 0 bridgehead atoms. The smallest absolute Gasteiger partial charge is 0.123 e. The summed E-state index contributed by atoms with van der Waals surface area (Å²) in [5.74, 6) is 0.704. The Morgan fingerprint density at radius 1 is 1.42 bits per heavy atom. The fourth-order valence-corrected chi connectivity index (χ4v) is 2.54. The first kappa shape index (κ1) is 8.52. The molecule has 1 aliphatic carbocycles. The van der Waals surface area contributed by atoms with E-state index in [1.165, 1.54) is 6.42 Å². The highest BCUT2D eigenvalue weighted by Gasteiger charge is 2.66.